The van der Waals surface area contributed by atoms with Gasteiger partial charge in [0.1, 0.15) is 11.2 Å². The van der Waals surface area contributed by atoms with Gasteiger partial charge < -0.3 is 9.32 Å². The molecule has 78 heavy (non-hydrogen) atoms. The van der Waals surface area contributed by atoms with Crippen molar-refractivity contribution in [3.63, 3.8) is 0 Å². The molecule has 0 bridgehead atoms. The molecule has 0 amide bonds. The quantitative estimate of drug-likeness (QED) is 0.128. The van der Waals surface area contributed by atoms with Crippen LogP contribution in [0.15, 0.2) is 302 Å². The van der Waals surface area contributed by atoms with E-state index in [1.54, 1.807) is 0 Å². The second-order valence-corrected chi connectivity index (χ2v) is 20.6. The second kappa shape index (κ2) is 20.4. The Hall–Kier alpha value is -9.76. The van der Waals surface area contributed by atoms with Crippen molar-refractivity contribution in [1.82, 2.24) is 0 Å². The molecular weight excluding hydrogens is 943 g/mol. The summed E-state index contributed by atoms with van der Waals surface area (Å²) in [7, 11) is 0. The van der Waals surface area contributed by atoms with Crippen molar-refractivity contribution in [2.45, 2.75) is 24.7 Å². The van der Waals surface area contributed by atoms with E-state index in [0.29, 0.717) is 0 Å². The van der Waals surface area contributed by atoms with Crippen molar-refractivity contribution >= 4 is 39.0 Å². The van der Waals surface area contributed by atoms with Gasteiger partial charge in [-0.2, -0.15) is 0 Å². The maximum Gasteiger partial charge on any atom is 0.136 e. The standard InChI is InChI=1S/C76H55NO/c1-7-21-52(22-8-1)54-35-42-62(43-36-54)77(63-44-37-55(38-45-63)53-23-9-2-10-24-53)64-46-39-60(40-47-64)73-69-50-67(56-25-11-3-12-26-56)68(57-27-13-4-14-28-57)51-70(69)74(61-41-48-66-65-33-19-20-34-71(65)78-72(66)49-61)76(59-31-17-6-18-32-59)75(73)58-29-15-5-16-30-58/h1-49,67-68H,50-51H2. The molecule has 0 radical (unpaired) electrons. The number of hydrogen-bond donors (Lipinski definition) is 0. The summed E-state index contributed by atoms with van der Waals surface area (Å²) in [5.41, 5.74) is 25.1. The lowest BCUT2D eigenvalue weighted by atomic mass is 9.65. The molecule has 0 N–H and O–H groups in total. The number of nitrogens with zero attached hydrogens (tertiary/aromatic N) is 1. The minimum absolute atomic E-state index is 0.226. The minimum atomic E-state index is 0.226. The van der Waals surface area contributed by atoms with Crippen LogP contribution in [0.1, 0.15) is 34.1 Å². The summed E-state index contributed by atoms with van der Waals surface area (Å²) in [5, 5.41) is 2.26. The fourth-order valence-electron chi connectivity index (χ4n) is 12.5. The average molecular weight is 998 g/mol. The van der Waals surface area contributed by atoms with Crippen LogP contribution in [0.2, 0.25) is 0 Å². The maximum atomic E-state index is 6.72. The molecule has 1 heterocycles. The highest BCUT2D eigenvalue weighted by atomic mass is 16.3. The van der Waals surface area contributed by atoms with E-state index in [0.717, 1.165) is 57.4 Å². The Bertz CT molecular complexity index is 4110. The number of rotatable bonds is 11. The van der Waals surface area contributed by atoms with Gasteiger partial charge in [-0.25, -0.2) is 0 Å². The first-order valence-corrected chi connectivity index (χ1v) is 27.3. The number of fused-ring (bicyclic) bond motifs is 4. The van der Waals surface area contributed by atoms with Gasteiger partial charge in [0, 0.05) is 27.8 Å². The van der Waals surface area contributed by atoms with E-state index in [9.17, 15) is 0 Å². The largest absolute Gasteiger partial charge is 0.456 e. The van der Waals surface area contributed by atoms with Gasteiger partial charge in [0.15, 0.2) is 0 Å². The van der Waals surface area contributed by atoms with Crippen molar-refractivity contribution in [2.24, 2.45) is 0 Å². The fourth-order valence-corrected chi connectivity index (χ4v) is 12.5. The predicted molar refractivity (Wildman–Crippen MR) is 327 cm³/mol. The molecule has 0 fully saturated rings. The highest BCUT2D eigenvalue weighted by Gasteiger charge is 2.37. The second-order valence-electron chi connectivity index (χ2n) is 20.6. The van der Waals surface area contributed by atoms with Crippen molar-refractivity contribution in [3.05, 3.63) is 320 Å². The zero-order chi connectivity index (χ0) is 51.8. The van der Waals surface area contributed by atoms with Crippen molar-refractivity contribution < 1.29 is 4.42 Å². The minimum Gasteiger partial charge on any atom is -0.456 e. The summed E-state index contributed by atoms with van der Waals surface area (Å²) in [6.07, 6.45) is 1.72. The van der Waals surface area contributed by atoms with Gasteiger partial charge in [-0.05, 0) is 168 Å². The van der Waals surface area contributed by atoms with Crippen LogP contribution in [-0.2, 0) is 12.8 Å². The van der Waals surface area contributed by atoms with E-state index in [4.69, 9.17) is 4.42 Å². The molecule has 12 aromatic carbocycles. The van der Waals surface area contributed by atoms with Gasteiger partial charge in [-0.15, -0.1) is 0 Å². The average Bonchev–Trinajstić information content (AvgIpc) is 4.05. The van der Waals surface area contributed by atoms with Crippen molar-refractivity contribution in [2.75, 3.05) is 4.90 Å². The molecule has 0 aliphatic heterocycles. The topological polar surface area (TPSA) is 16.4 Å². The highest BCUT2D eigenvalue weighted by Crippen LogP contribution is 2.56. The molecule has 2 atom stereocenters. The molecule has 2 nitrogen and oxygen atoms in total. The van der Waals surface area contributed by atoms with Crippen LogP contribution in [0.4, 0.5) is 17.1 Å². The Labute approximate surface area is 456 Å². The maximum absolute atomic E-state index is 6.72. The smallest absolute Gasteiger partial charge is 0.136 e. The Kier molecular flexibility index (Phi) is 12.2. The number of para-hydroxylation sites is 1. The first-order chi connectivity index (χ1) is 38.7. The zero-order valence-electron chi connectivity index (χ0n) is 43.2. The molecule has 0 saturated heterocycles. The van der Waals surface area contributed by atoms with E-state index in [2.05, 4.69) is 302 Å². The molecule has 14 rings (SSSR count). The van der Waals surface area contributed by atoms with E-state index in [-0.39, 0.29) is 11.8 Å². The summed E-state index contributed by atoms with van der Waals surface area (Å²) in [6, 6.07) is 109. The summed E-state index contributed by atoms with van der Waals surface area (Å²) in [4.78, 5) is 2.39. The fraction of sp³-hybridized carbons (Fsp3) is 0.0526. The number of benzene rings is 12. The van der Waals surface area contributed by atoms with Gasteiger partial charge in [-0.3, -0.25) is 0 Å². The summed E-state index contributed by atoms with van der Waals surface area (Å²) < 4.78 is 6.72. The van der Waals surface area contributed by atoms with Crippen LogP contribution in [0.5, 0.6) is 0 Å². The van der Waals surface area contributed by atoms with Crippen molar-refractivity contribution in [3.8, 4) is 66.8 Å². The Morgan fingerprint density at radius 1 is 0.256 bits per heavy atom. The molecule has 1 aliphatic rings. The lowest BCUT2D eigenvalue weighted by Crippen LogP contribution is -2.24. The SMILES string of the molecule is c1ccc(-c2ccc(N(c3ccc(-c4ccccc4)cc3)c3ccc(-c4c5c(c(-c6ccc7c(c6)oc6ccccc67)c(-c6ccccc6)c4-c4ccccc4)CC(c4ccccc4)C(c4ccccc4)C5)cc3)cc2)cc1. The summed E-state index contributed by atoms with van der Waals surface area (Å²) in [5.74, 6) is 0.454. The van der Waals surface area contributed by atoms with Crippen LogP contribution >= 0.6 is 0 Å². The normalized spacial score (nSPS) is 14.1. The highest BCUT2D eigenvalue weighted by molar-refractivity contribution is 6.09. The lowest BCUT2D eigenvalue weighted by molar-refractivity contribution is 0.503. The third-order valence-electron chi connectivity index (χ3n) is 16.2. The van der Waals surface area contributed by atoms with Crippen LogP contribution in [-0.4, -0.2) is 0 Å². The monoisotopic (exact) mass is 997 g/mol. The summed E-state index contributed by atoms with van der Waals surface area (Å²) in [6.45, 7) is 0. The van der Waals surface area contributed by atoms with Gasteiger partial charge in [0.05, 0.1) is 0 Å². The van der Waals surface area contributed by atoms with Crippen LogP contribution in [0, 0.1) is 0 Å². The molecule has 2 unspecified atom stereocenters. The van der Waals surface area contributed by atoms with Gasteiger partial charge in [-0.1, -0.05) is 243 Å². The van der Waals surface area contributed by atoms with Crippen LogP contribution in [0.3, 0.4) is 0 Å². The van der Waals surface area contributed by atoms with Gasteiger partial charge in [0.25, 0.3) is 0 Å². The predicted octanol–water partition coefficient (Wildman–Crippen LogP) is 20.7. The molecule has 1 aliphatic carbocycles. The van der Waals surface area contributed by atoms with Gasteiger partial charge >= 0.3 is 0 Å². The number of hydrogen-bond acceptors (Lipinski definition) is 2. The number of furan rings is 1. The zero-order valence-corrected chi connectivity index (χ0v) is 43.2. The van der Waals surface area contributed by atoms with E-state index < -0.39 is 0 Å². The van der Waals surface area contributed by atoms with E-state index >= 15 is 0 Å². The molecule has 370 valence electrons. The third kappa shape index (κ3) is 8.68. The first-order valence-electron chi connectivity index (χ1n) is 27.3. The molecule has 0 saturated carbocycles. The van der Waals surface area contributed by atoms with Crippen LogP contribution in [0.25, 0.3) is 88.7 Å². The Balaban J connectivity index is 1.02. The van der Waals surface area contributed by atoms with Gasteiger partial charge in [0.2, 0.25) is 0 Å². The molecule has 1 aromatic heterocycles. The molecule has 0 spiro atoms. The number of anilines is 3. The molecule has 2 heteroatoms. The molecule has 13 aromatic rings. The molecular formula is C76H55NO. The lowest BCUT2D eigenvalue weighted by Gasteiger charge is -2.38. The van der Waals surface area contributed by atoms with Crippen LogP contribution < -0.4 is 4.90 Å². The summed E-state index contributed by atoms with van der Waals surface area (Å²) >= 11 is 0. The Morgan fingerprint density at radius 3 is 1.03 bits per heavy atom. The third-order valence-corrected chi connectivity index (χ3v) is 16.2. The first kappa shape index (κ1) is 46.7. The Morgan fingerprint density at radius 2 is 0.577 bits per heavy atom. The van der Waals surface area contributed by atoms with E-state index in [1.807, 2.05) is 0 Å². The van der Waals surface area contributed by atoms with E-state index in [1.165, 1.54) is 83.5 Å². The van der Waals surface area contributed by atoms with Crippen molar-refractivity contribution in [1.29, 1.82) is 0 Å².